The Balaban J connectivity index is 2.04. The van der Waals surface area contributed by atoms with Crippen LogP contribution in [-0.2, 0) is 6.42 Å². The Morgan fingerprint density at radius 3 is 2.62 bits per heavy atom. The molecule has 7 N–H and O–H groups in total. The summed E-state index contributed by atoms with van der Waals surface area (Å²) in [5.41, 5.74) is 20.8. The quantitative estimate of drug-likeness (QED) is 0.519. The van der Waals surface area contributed by atoms with Crippen molar-refractivity contribution in [3.05, 3.63) is 53.7 Å². The van der Waals surface area contributed by atoms with E-state index in [-0.39, 0.29) is 11.7 Å². The van der Waals surface area contributed by atoms with E-state index in [1.165, 1.54) is 0 Å². The SMILES string of the molecule is CCOc1cc(Cc2cnc(N)nc2N)cc(O)c1-c1cccc(N)c1. The average molecular weight is 351 g/mol. The topological polar surface area (TPSA) is 133 Å². The van der Waals surface area contributed by atoms with Crippen LogP contribution in [0.15, 0.2) is 42.6 Å². The van der Waals surface area contributed by atoms with Gasteiger partial charge in [0.1, 0.15) is 17.3 Å². The molecule has 0 aliphatic heterocycles. The number of nitrogens with zero attached hydrogens (tertiary/aromatic N) is 2. The summed E-state index contributed by atoms with van der Waals surface area (Å²) in [4.78, 5) is 7.93. The summed E-state index contributed by atoms with van der Waals surface area (Å²) >= 11 is 0. The fourth-order valence-corrected chi connectivity index (χ4v) is 2.80. The highest BCUT2D eigenvalue weighted by atomic mass is 16.5. The minimum Gasteiger partial charge on any atom is -0.507 e. The molecule has 1 aromatic heterocycles. The molecule has 0 atom stereocenters. The van der Waals surface area contributed by atoms with Crippen molar-refractivity contribution in [2.24, 2.45) is 0 Å². The van der Waals surface area contributed by atoms with Gasteiger partial charge >= 0.3 is 0 Å². The minimum atomic E-state index is 0.103. The fourth-order valence-electron chi connectivity index (χ4n) is 2.80. The van der Waals surface area contributed by atoms with Crippen LogP contribution < -0.4 is 21.9 Å². The van der Waals surface area contributed by atoms with Crippen LogP contribution in [0.3, 0.4) is 0 Å². The Hall–Kier alpha value is -3.48. The summed E-state index contributed by atoms with van der Waals surface area (Å²) in [5, 5.41) is 10.6. The predicted molar refractivity (Wildman–Crippen MR) is 103 cm³/mol. The largest absolute Gasteiger partial charge is 0.507 e. The second kappa shape index (κ2) is 7.18. The van der Waals surface area contributed by atoms with Gasteiger partial charge in [-0.15, -0.1) is 0 Å². The van der Waals surface area contributed by atoms with E-state index in [1.807, 2.05) is 25.1 Å². The molecular weight excluding hydrogens is 330 g/mol. The molecule has 3 aromatic rings. The van der Waals surface area contributed by atoms with Crippen LogP contribution in [-0.4, -0.2) is 21.7 Å². The summed E-state index contributed by atoms with van der Waals surface area (Å²) in [6.07, 6.45) is 2.03. The molecule has 0 fully saturated rings. The summed E-state index contributed by atoms with van der Waals surface area (Å²) in [6, 6.07) is 10.8. The van der Waals surface area contributed by atoms with Crippen LogP contribution in [0.2, 0.25) is 0 Å². The van der Waals surface area contributed by atoms with Crippen molar-refractivity contribution < 1.29 is 9.84 Å². The zero-order valence-corrected chi connectivity index (χ0v) is 14.4. The first kappa shape index (κ1) is 17.3. The molecule has 0 amide bonds. The van der Waals surface area contributed by atoms with Gasteiger partial charge in [0, 0.05) is 23.9 Å². The Kier molecular flexibility index (Phi) is 4.79. The lowest BCUT2D eigenvalue weighted by atomic mass is 9.98. The lowest BCUT2D eigenvalue weighted by molar-refractivity contribution is 0.339. The number of phenols is 1. The van der Waals surface area contributed by atoms with Gasteiger partial charge in [-0.25, -0.2) is 4.98 Å². The number of hydrogen-bond donors (Lipinski definition) is 4. The maximum Gasteiger partial charge on any atom is 0.221 e. The van der Waals surface area contributed by atoms with Gasteiger partial charge in [-0.1, -0.05) is 12.1 Å². The fraction of sp³-hybridized carbons (Fsp3) is 0.158. The maximum atomic E-state index is 10.6. The number of aromatic nitrogens is 2. The zero-order chi connectivity index (χ0) is 18.7. The molecule has 1 heterocycles. The van der Waals surface area contributed by atoms with Gasteiger partial charge in [0.15, 0.2) is 0 Å². The van der Waals surface area contributed by atoms with Gasteiger partial charge in [-0.3, -0.25) is 0 Å². The molecule has 0 aliphatic carbocycles. The molecule has 0 spiro atoms. The number of phenolic OH excluding ortho intramolecular Hbond substituents is 1. The smallest absolute Gasteiger partial charge is 0.221 e. The van der Waals surface area contributed by atoms with Crippen LogP contribution in [0.25, 0.3) is 11.1 Å². The second-order valence-corrected chi connectivity index (χ2v) is 5.86. The number of rotatable bonds is 5. The van der Waals surface area contributed by atoms with Crippen molar-refractivity contribution >= 4 is 17.5 Å². The molecule has 0 unspecified atom stereocenters. The summed E-state index contributed by atoms with van der Waals surface area (Å²) in [5.74, 6) is 1.12. The van der Waals surface area contributed by atoms with Crippen molar-refractivity contribution in [2.45, 2.75) is 13.3 Å². The van der Waals surface area contributed by atoms with Crippen LogP contribution in [0, 0.1) is 0 Å². The molecule has 7 heteroatoms. The Morgan fingerprint density at radius 1 is 1.12 bits per heavy atom. The molecule has 0 bridgehead atoms. The first-order valence-corrected chi connectivity index (χ1v) is 8.19. The number of ether oxygens (including phenoxy) is 1. The van der Waals surface area contributed by atoms with Gasteiger partial charge in [-0.05, 0) is 42.3 Å². The van der Waals surface area contributed by atoms with E-state index in [0.29, 0.717) is 35.8 Å². The molecule has 2 aromatic carbocycles. The minimum absolute atomic E-state index is 0.103. The first-order valence-electron chi connectivity index (χ1n) is 8.19. The van der Waals surface area contributed by atoms with Crippen LogP contribution in [0.4, 0.5) is 17.5 Å². The van der Waals surface area contributed by atoms with Gasteiger partial charge in [0.05, 0.1) is 12.2 Å². The van der Waals surface area contributed by atoms with Gasteiger partial charge in [0.2, 0.25) is 5.95 Å². The van der Waals surface area contributed by atoms with Crippen molar-refractivity contribution in [2.75, 3.05) is 23.8 Å². The number of aromatic hydroxyl groups is 1. The first-order chi connectivity index (χ1) is 12.5. The molecule has 26 heavy (non-hydrogen) atoms. The summed E-state index contributed by atoms with van der Waals surface area (Å²) in [7, 11) is 0. The Labute approximate surface area is 151 Å². The summed E-state index contributed by atoms with van der Waals surface area (Å²) < 4.78 is 5.76. The third-order valence-corrected chi connectivity index (χ3v) is 3.93. The van der Waals surface area contributed by atoms with E-state index in [4.69, 9.17) is 21.9 Å². The van der Waals surface area contributed by atoms with E-state index in [2.05, 4.69) is 9.97 Å². The molecule has 0 aliphatic rings. The third kappa shape index (κ3) is 3.61. The number of hydrogen-bond acceptors (Lipinski definition) is 7. The second-order valence-electron chi connectivity index (χ2n) is 5.86. The highest BCUT2D eigenvalue weighted by molar-refractivity contribution is 5.79. The summed E-state index contributed by atoms with van der Waals surface area (Å²) in [6.45, 7) is 2.35. The Morgan fingerprint density at radius 2 is 1.92 bits per heavy atom. The van der Waals surface area contributed by atoms with E-state index in [0.717, 1.165) is 16.7 Å². The van der Waals surface area contributed by atoms with Crippen molar-refractivity contribution in [3.8, 4) is 22.6 Å². The van der Waals surface area contributed by atoms with Crippen LogP contribution >= 0.6 is 0 Å². The number of nitrogens with two attached hydrogens (primary N) is 3. The van der Waals surface area contributed by atoms with Crippen molar-refractivity contribution in [3.63, 3.8) is 0 Å². The standard InChI is InChI=1S/C19H21N5O2/c1-2-26-16-8-11(6-13-10-23-19(22)24-18(13)21)7-15(25)17(16)12-4-3-5-14(20)9-12/h3-5,7-10,25H,2,6,20H2,1H3,(H4,21,22,23,24). The molecule has 134 valence electrons. The monoisotopic (exact) mass is 351 g/mol. The van der Waals surface area contributed by atoms with Crippen molar-refractivity contribution in [1.82, 2.24) is 9.97 Å². The normalized spacial score (nSPS) is 10.7. The van der Waals surface area contributed by atoms with E-state index >= 15 is 0 Å². The molecule has 0 saturated heterocycles. The number of nitrogen functional groups attached to an aromatic ring is 3. The van der Waals surface area contributed by atoms with Gasteiger partial charge in [0.25, 0.3) is 0 Å². The number of benzene rings is 2. The predicted octanol–water partition coefficient (Wildman–Crippen LogP) is 2.59. The highest BCUT2D eigenvalue weighted by Gasteiger charge is 2.15. The van der Waals surface area contributed by atoms with E-state index in [1.54, 1.807) is 24.4 Å². The molecule has 0 saturated carbocycles. The lowest BCUT2D eigenvalue weighted by Gasteiger charge is -2.15. The Bertz CT molecular complexity index is 943. The zero-order valence-electron chi connectivity index (χ0n) is 14.4. The molecule has 7 nitrogen and oxygen atoms in total. The number of anilines is 3. The third-order valence-electron chi connectivity index (χ3n) is 3.93. The molecular formula is C19H21N5O2. The molecule has 3 rings (SSSR count). The van der Waals surface area contributed by atoms with Gasteiger partial charge < -0.3 is 27.0 Å². The van der Waals surface area contributed by atoms with E-state index < -0.39 is 0 Å². The van der Waals surface area contributed by atoms with Crippen molar-refractivity contribution in [1.29, 1.82) is 0 Å². The highest BCUT2D eigenvalue weighted by Crippen LogP contribution is 2.40. The molecule has 0 radical (unpaired) electrons. The maximum absolute atomic E-state index is 10.6. The van der Waals surface area contributed by atoms with Crippen LogP contribution in [0.1, 0.15) is 18.1 Å². The average Bonchev–Trinajstić information content (AvgIpc) is 2.57. The lowest BCUT2D eigenvalue weighted by Crippen LogP contribution is -2.04. The van der Waals surface area contributed by atoms with Gasteiger partial charge in [-0.2, -0.15) is 4.98 Å². The van der Waals surface area contributed by atoms with Crippen LogP contribution in [0.5, 0.6) is 11.5 Å². The van der Waals surface area contributed by atoms with E-state index in [9.17, 15) is 5.11 Å².